The first-order chi connectivity index (χ1) is 8.41. The highest BCUT2D eigenvalue weighted by atomic mass is 35.5. The van der Waals surface area contributed by atoms with E-state index in [1.807, 2.05) is 24.3 Å². The fourth-order valence-corrected chi connectivity index (χ4v) is 2.66. The molecule has 0 spiro atoms. The Kier molecular flexibility index (Phi) is 3.66. The van der Waals surface area contributed by atoms with Crippen molar-refractivity contribution in [1.82, 2.24) is 4.90 Å². The molecule has 1 aromatic carbocycles. The van der Waals surface area contributed by atoms with Crippen LogP contribution in [0.25, 0.3) is 0 Å². The van der Waals surface area contributed by atoms with Crippen LogP contribution in [0, 0.1) is 17.2 Å². The number of halogens is 1. The second kappa shape index (κ2) is 4.91. The highest BCUT2D eigenvalue weighted by molar-refractivity contribution is 6.30. The van der Waals surface area contributed by atoms with E-state index in [1.165, 1.54) is 5.56 Å². The zero-order chi connectivity index (χ0) is 13.3. The molecule has 18 heavy (non-hydrogen) atoms. The van der Waals surface area contributed by atoms with Gasteiger partial charge in [-0.15, -0.1) is 0 Å². The Morgan fingerprint density at radius 2 is 1.83 bits per heavy atom. The van der Waals surface area contributed by atoms with Gasteiger partial charge in [-0.3, -0.25) is 4.90 Å². The number of hydrogen-bond acceptors (Lipinski definition) is 2. The van der Waals surface area contributed by atoms with Crippen molar-refractivity contribution >= 4 is 11.6 Å². The van der Waals surface area contributed by atoms with E-state index >= 15 is 0 Å². The normalized spacial score (nSPS) is 25.1. The summed E-state index contributed by atoms with van der Waals surface area (Å²) >= 11 is 5.91. The average Bonchev–Trinajstić information content (AvgIpc) is 2.73. The van der Waals surface area contributed by atoms with E-state index in [0.29, 0.717) is 5.92 Å². The highest BCUT2D eigenvalue weighted by Gasteiger charge is 2.38. The van der Waals surface area contributed by atoms with Crippen LogP contribution in [0.1, 0.15) is 32.3 Å². The van der Waals surface area contributed by atoms with Crippen LogP contribution in [-0.4, -0.2) is 23.5 Å². The molecule has 2 rings (SSSR count). The van der Waals surface area contributed by atoms with Crippen LogP contribution in [-0.2, 0) is 0 Å². The van der Waals surface area contributed by atoms with E-state index in [9.17, 15) is 5.26 Å². The van der Waals surface area contributed by atoms with Gasteiger partial charge in [0.1, 0.15) is 0 Å². The Bertz CT molecular complexity index is 453. The van der Waals surface area contributed by atoms with Gasteiger partial charge in [-0.25, -0.2) is 0 Å². The maximum Gasteiger partial charge on any atom is 0.0676 e. The lowest BCUT2D eigenvalue weighted by atomic mass is 9.90. The van der Waals surface area contributed by atoms with E-state index < -0.39 is 0 Å². The van der Waals surface area contributed by atoms with Crippen LogP contribution in [0.15, 0.2) is 24.3 Å². The van der Waals surface area contributed by atoms with Crippen molar-refractivity contribution in [2.24, 2.45) is 5.92 Å². The first-order valence-corrected chi connectivity index (χ1v) is 6.70. The van der Waals surface area contributed by atoms with E-state index in [1.54, 1.807) is 0 Å². The van der Waals surface area contributed by atoms with Crippen LogP contribution in [0.4, 0.5) is 0 Å². The maximum atomic E-state index is 9.33. The van der Waals surface area contributed by atoms with Crippen LogP contribution in [0.5, 0.6) is 0 Å². The van der Waals surface area contributed by atoms with Gasteiger partial charge in [0.25, 0.3) is 0 Å². The van der Waals surface area contributed by atoms with Gasteiger partial charge in [0.05, 0.1) is 12.0 Å². The van der Waals surface area contributed by atoms with Gasteiger partial charge in [-0.05, 0) is 38.5 Å². The topological polar surface area (TPSA) is 27.0 Å². The third-order valence-electron chi connectivity index (χ3n) is 3.73. The number of nitriles is 1. The lowest BCUT2D eigenvalue weighted by Crippen LogP contribution is -2.39. The van der Waals surface area contributed by atoms with E-state index in [-0.39, 0.29) is 11.5 Å². The van der Waals surface area contributed by atoms with Gasteiger partial charge in [0.15, 0.2) is 0 Å². The fraction of sp³-hybridized carbons (Fsp3) is 0.533. The molecule has 1 unspecified atom stereocenters. The van der Waals surface area contributed by atoms with Crippen molar-refractivity contribution < 1.29 is 0 Å². The molecular formula is C15H19ClN2. The Labute approximate surface area is 114 Å². The third kappa shape index (κ3) is 2.68. The van der Waals surface area contributed by atoms with Crippen molar-refractivity contribution in [2.45, 2.75) is 32.2 Å². The Morgan fingerprint density at radius 3 is 2.33 bits per heavy atom. The smallest absolute Gasteiger partial charge is 0.0676 e. The molecule has 1 aliphatic rings. The summed E-state index contributed by atoms with van der Waals surface area (Å²) in [5, 5.41) is 10.1. The van der Waals surface area contributed by atoms with Crippen LogP contribution >= 0.6 is 11.6 Å². The van der Waals surface area contributed by atoms with E-state index in [4.69, 9.17) is 11.6 Å². The first kappa shape index (κ1) is 13.4. The fourth-order valence-electron chi connectivity index (χ4n) is 2.53. The highest BCUT2D eigenvalue weighted by Crippen LogP contribution is 2.36. The van der Waals surface area contributed by atoms with Crippen molar-refractivity contribution in [3.63, 3.8) is 0 Å². The first-order valence-electron chi connectivity index (χ1n) is 6.32. The van der Waals surface area contributed by atoms with Gasteiger partial charge in [0.2, 0.25) is 0 Å². The molecule has 1 saturated heterocycles. The molecule has 1 aromatic rings. The molecule has 0 aliphatic carbocycles. The SMILES string of the molecule is CC(C)(C)N1CC(C#N)[C@H](c2ccc(Cl)cc2)C1. The Balaban J connectivity index is 2.23. The molecule has 0 saturated carbocycles. The minimum absolute atomic E-state index is 0.0744. The van der Waals surface area contributed by atoms with Gasteiger partial charge in [-0.2, -0.15) is 5.26 Å². The van der Waals surface area contributed by atoms with Crippen molar-refractivity contribution in [1.29, 1.82) is 5.26 Å². The summed E-state index contributed by atoms with van der Waals surface area (Å²) in [5.41, 5.74) is 1.34. The molecule has 2 atom stereocenters. The summed E-state index contributed by atoms with van der Waals surface area (Å²) in [5.74, 6) is 0.372. The van der Waals surface area contributed by atoms with E-state index in [2.05, 4.69) is 31.7 Å². The number of nitrogens with zero attached hydrogens (tertiary/aromatic N) is 2. The molecule has 0 radical (unpaired) electrons. The largest absolute Gasteiger partial charge is 0.297 e. The van der Waals surface area contributed by atoms with Gasteiger partial charge >= 0.3 is 0 Å². The zero-order valence-electron chi connectivity index (χ0n) is 11.2. The molecule has 1 aliphatic heterocycles. The monoisotopic (exact) mass is 262 g/mol. The lowest BCUT2D eigenvalue weighted by Gasteiger charge is -2.31. The molecule has 0 bridgehead atoms. The van der Waals surface area contributed by atoms with Crippen molar-refractivity contribution in [2.75, 3.05) is 13.1 Å². The maximum absolute atomic E-state index is 9.33. The van der Waals surface area contributed by atoms with Crippen LogP contribution in [0.3, 0.4) is 0 Å². The van der Waals surface area contributed by atoms with Crippen molar-refractivity contribution in [3.05, 3.63) is 34.9 Å². The quantitative estimate of drug-likeness (QED) is 0.772. The second-order valence-electron chi connectivity index (χ2n) is 5.97. The number of likely N-dealkylation sites (tertiary alicyclic amines) is 1. The van der Waals surface area contributed by atoms with Gasteiger partial charge < -0.3 is 0 Å². The molecule has 3 heteroatoms. The molecule has 96 valence electrons. The predicted molar refractivity (Wildman–Crippen MR) is 74.6 cm³/mol. The average molecular weight is 263 g/mol. The molecule has 0 amide bonds. The number of hydrogen-bond donors (Lipinski definition) is 0. The number of benzene rings is 1. The summed E-state index contributed by atoms with van der Waals surface area (Å²) < 4.78 is 0. The zero-order valence-corrected chi connectivity index (χ0v) is 11.9. The van der Waals surface area contributed by atoms with Crippen molar-refractivity contribution in [3.8, 4) is 6.07 Å². The minimum Gasteiger partial charge on any atom is -0.297 e. The molecule has 1 heterocycles. The summed E-state index contributed by atoms with van der Waals surface area (Å²) in [6.45, 7) is 8.40. The van der Waals surface area contributed by atoms with Crippen LogP contribution in [0.2, 0.25) is 5.02 Å². The predicted octanol–water partition coefficient (Wildman–Crippen LogP) is 3.68. The Morgan fingerprint density at radius 1 is 1.22 bits per heavy atom. The number of rotatable bonds is 1. The third-order valence-corrected chi connectivity index (χ3v) is 3.98. The molecule has 0 N–H and O–H groups in total. The molecule has 1 fully saturated rings. The molecule has 2 nitrogen and oxygen atoms in total. The summed E-state index contributed by atoms with van der Waals surface area (Å²) in [4.78, 5) is 2.39. The molecule has 0 aromatic heterocycles. The van der Waals surface area contributed by atoms with E-state index in [0.717, 1.165) is 18.1 Å². The minimum atomic E-state index is 0.0744. The summed E-state index contributed by atoms with van der Waals surface area (Å²) in [7, 11) is 0. The summed E-state index contributed by atoms with van der Waals surface area (Å²) in [6, 6.07) is 10.4. The van der Waals surface area contributed by atoms with Crippen LogP contribution < -0.4 is 0 Å². The van der Waals surface area contributed by atoms with Gasteiger partial charge in [0, 0.05) is 29.6 Å². The van der Waals surface area contributed by atoms with Gasteiger partial charge in [-0.1, -0.05) is 23.7 Å². The lowest BCUT2D eigenvalue weighted by molar-refractivity contribution is 0.170. The summed E-state index contributed by atoms with van der Waals surface area (Å²) in [6.07, 6.45) is 0. The molecular weight excluding hydrogens is 244 g/mol. The Hall–Kier alpha value is -1.04. The standard InChI is InChI=1S/C15H19ClN2/c1-15(2,3)18-9-12(8-17)14(10-18)11-4-6-13(16)7-5-11/h4-7,12,14H,9-10H2,1-3H3/t12?,14-/m0/s1. The second-order valence-corrected chi connectivity index (χ2v) is 6.41.